The van der Waals surface area contributed by atoms with Crippen LogP contribution in [-0.4, -0.2) is 23.8 Å². The van der Waals surface area contributed by atoms with Gasteiger partial charge in [-0.3, -0.25) is 4.79 Å². The van der Waals surface area contributed by atoms with Gasteiger partial charge in [0.25, 0.3) is 0 Å². The van der Waals surface area contributed by atoms with Crippen molar-refractivity contribution in [2.45, 2.75) is 6.54 Å². The number of anilines is 1. The molecule has 2 aromatic carbocycles. The summed E-state index contributed by atoms with van der Waals surface area (Å²) in [6.45, 7) is 0.416. The fourth-order valence-corrected chi connectivity index (χ4v) is 2.33. The lowest BCUT2D eigenvalue weighted by Gasteiger charge is -2.26. The number of halogens is 1. The van der Waals surface area contributed by atoms with E-state index in [9.17, 15) is 14.0 Å². The van der Waals surface area contributed by atoms with Gasteiger partial charge in [-0.1, -0.05) is 12.1 Å². The van der Waals surface area contributed by atoms with Gasteiger partial charge in [-0.15, -0.1) is 0 Å². The van der Waals surface area contributed by atoms with E-state index in [1.54, 1.807) is 37.4 Å². The largest absolute Gasteiger partial charge is 0.323 e. The Hall–Kier alpha value is -2.69. The first-order valence-electron chi connectivity index (χ1n) is 6.50. The van der Waals surface area contributed by atoms with Gasteiger partial charge in [-0.25, -0.2) is 9.18 Å². The van der Waals surface area contributed by atoms with Crippen LogP contribution in [0.4, 0.5) is 14.9 Å². The maximum atomic E-state index is 13.7. The number of carbonyl (C=O) groups is 2. The second-order valence-electron chi connectivity index (χ2n) is 4.97. The first kappa shape index (κ1) is 13.3. The molecule has 2 amide bonds. The van der Waals surface area contributed by atoms with Crippen LogP contribution in [0, 0.1) is 5.82 Å². The van der Waals surface area contributed by atoms with Crippen molar-refractivity contribution >= 4 is 17.5 Å². The highest BCUT2D eigenvalue weighted by Crippen LogP contribution is 2.25. The fraction of sp³-hybridized carbons (Fsp3) is 0.125. The second-order valence-corrected chi connectivity index (χ2v) is 4.97. The number of benzene rings is 2. The third-order valence-electron chi connectivity index (χ3n) is 3.48. The molecule has 0 atom stereocenters. The lowest BCUT2D eigenvalue weighted by atomic mass is 9.99. The summed E-state index contributed by atoms with van der Waals surface area (Å²) in [5, 5.41) is 2.73. The van der Waals surface area contributed by atoms with E-state index in [1.165, 1.54) is 17.0 Å². The Kier molecular flexibility index (Phi) is 3.17. The Labute approximate surface area is 121 Å². The average molecular weight is 284 g/mol. The van der Waals surface area contributed by atoms with Crippen molar-refractivity contribution in [1.82, 2.24) is 4.90 Å². The smallest absolute Gasteiger partial charge is 0.321 e. The highest BCUT2D eigenvalue weighted by molar-refractivity contribution is 6.09. The molecule has 1 heterocycles. The van der Waals surface area contributed by atoms with E-state index in [0.717, 1.165) is 5.56 Å². The molecule has 106 valence electrons. The van der Waals surface area contributed by atoms with Crippen molar-refractivity contribution in [3.8, 4) is 0 Å². The van der Waals surface area contributed by atoms with Gasteiger partial charge in [0, 0.05) is 24.8 Å². The summed E-state index contributed by atoms with van der Waals surface area (Å²) in [5.74, 6) is -0.902. The Morgan fingerprint density at radius 3 is 2.76 bits per heavy atom. The van der Waals surface area contributed by atoms with Crippen molar-refractivity contribution in [1.29, 1.82) is 0 Å². The molecule has 0 unspecified atom stereocenters. The van der Waals surface area contributed by atoms with Crippen LogP contribution < -0.4 is 5.32 Å². The van der Waals surface area contributed by atoms with E-state index < -0.39 is 5.82 Å². The molecule has 0 aliphatic carbocycles. The summed E-state index contributed by atoms with van der Waals surface area (Å²) in [7, 11) is 1.67. The van der Waals surface area contributed by atoms with Crippen LogP contribution in [0.3, 0.4) is 0 Å². The van der Waals surface area contributed by atoms with Crippen LogP contribution in [0.5, 0.6) is 0 Å². The van der Waals surface area contributed by atoms with Crippen LogP contribution in [0.2, 0.25) is 0 Å². The topological polar surface area (TPSA) is 49.4 Å². The van der Waals surface area contributed by atoms with Crippen LogP contribution in [0.1, 0.15) is 21.5 Å². The standard InChI is InChI=1S/C16H13FN2O2/c1-19-9-11-8-10(6-7-14(11)18-16(19)21)15(20)12-4-2-3-5-13(12)17/h2-8H,9H2,1H3,(H,18,21). The maximum absolute atomic E-state index is 13.7. The number of urea groups is 1. The number of nitrogens with zero attached hydrogens (tertiary/aromatic N) is 1. The molecule has 0 fully saturated rings. The molecule has 0 spiro atoms. The SMILES string of the molecule is CN1Cc2cc(C(=O)c3ccccc3F)ccc2NC1=O. The zero-order valence-electron chi connectivity index (χ0n) is 11.4. The molecule has 0 saturated carbocycles. The average Bonchev–Trinajstić information content (AvgIpc) is 2.48. The van der Waals surface area contributed by atoms with Gasteiger partial charge < -0.3 is 10.2 Å². The van der Waals surface area contributed by atoms with Crippen molar-refractivity contribution < 1.29 is 14.0 Å². The minimum absolute atomic E-state index is 0.0469. The molecule has 5 heteroatoms. The van der Waals surface area contributed by atoms with Gasteiger partial charge in [-0.05, 0) is 35.9 Å². The molecule has 4 nitrogen and oxygen atoms in total. The zero-order valence-corrected chi connectivity index (χ0v) is 11.4. The summed E-state index contributed by atoms with van der Waals surface area (Å²) >= 11 is 0. The summed E-state index contributed by atoms with van der Waals surface area (Å²) in [6.07, 6.45) is 0. The minimum Gasteiger partial charge on any atom is -0.323 e. The third kappa shape index (κ3) is 2.38. The van der Waals surface area contributed by atoms with Gasteiger partial charge in [-0.2, -0.15) is 0 Å². The molecule has 0 saturated heterocycles. The predicted octanol–water partition coefficient (Wildman–Crippen LogP) is 3.03. The molecule has 3 rings (SSSR count). The van der Waals surface area contributed by atoms with Crippen molar-refractivity contribution in [3.05, 3.63) is 65.0 Å². The number of hydrogen-bond donors (Lipinski definition) is 1. The molecule has 1 aliphatic rings. The first-order valence-corrected chi connectivity index (χ1v) is 6.50. The molecule has 1 aliphatic heterocycles. The predicted molar refractivity (Wildman–Crippen MR) is 76.8 cm³/mol. The zero-order chi connectivity index (χ0) is 15.0. The Morgan fingerprint density at radius 2 is 2.00 bits per heavy atom. The van der Waals surface area contributed by atoms with E-state index >= 15 is 0 Å². The highest BCUT2D eigenvalue weighted by atomic mass is 19.1. The first-order chi connectivity index (χ1) is 10.1. The third-order valence-corrected chi connectivity index (χ3v) is 3.48. The van der Waals surface area contributed by atoms with Crippen LogP contribution in [-0.2, 0) is 6.54 Å². The minimum atomic E-state index is -0.536. The molecule has 1 N–H and O–H groups in total. The van der Waals surface area contributed by atoms with Gasteiger partial charge in [0.2, 0.25) is 0 Å². The van der Waals surface area contributed by atoms with E-state index in [-0.39, 0.29) is 17.4 Å². The maximum Gasteiger partial charge on any atom is 0.321 e. The monoisotopic (exact) mass is 284 g/mol. The second kappa shape index (κ2) is 5.01. The van der Waals surface area contributed by atoms with Gasteiger partial charge in [0.15, 0.2) is 5.78 Å². The molecule has 2 aromatic rings. The number of fused-ring (bicyclic) bond motifs is 1. The quantitative estimate of drug-likeness (QED) is 0.862. The molecule has 0 bridgehead atoms. The summed E-state index contributed by atoms with van der Waals surface area (Å²) in [5.41, 5.74) is 1.97. The van der Waals surface area contributed by atoms with Crippen LogP contribution in [0.15, 0.2) is 42.5 Å². The van der Waals surface area contributed by atoms with Crippen molar-refractivity contribution in [2.75, 3.05) is 12.4 Å². The van der Waals surface area contributed by atoms with Crippen LogP contribution in [0.25, 0.3) is 0 Å². The molecule has 0 aromatic heterocycles. The van der Waals surface area contributed by atoms with Gasteiger partial charge >= 0.3 is 6.03 Å². The lowest BCUT2D eigenvalue weighted by Crippen LogP contribution is -2.35. The van der Waals surface area contributed by atoms with Gasteiger partial charge in [0.1, 0.15) is 5.82 Å². The van der Waals surface area contributed by atoms with Crippen molar-refractivity contribution in [3.63, 3.8) is 0 Å². The normalized spacial score (nSPS) is 13.6. The van der Waals surface area contributed by atoms with Gasteiger partial charge in [0.05, 0.1) is 5.56 Å². The van der Waals surface area contributed by atoms with E-state index in [0.29, 0.717) is 17.8 Å². The molecular formula is C16H13FN2O2. The van der Waals surface area contributed by atoms with E-state index in [2.05, 4.69) is 5.32 Å². The molecular weight excluding hydrogens is 271 g/mol. The number of hydrogen-bond acceptors (Lipinski definition) is 2. The van der Waals surface area contributed by atoms with Crippen LogP contribution >= 0.6 is 0 Å². The number of rotatable bonds is 2. The summed E-state index contributed by atoms with van der Waals surface area (Å²) in [6, 6.07) is 10.7. The van der Waals surface area contributed by atoms with E-state index in [1.807, 2.05) is 0 Å². The number of nitrogens with one attached hydrogen (secondary N) is 1. The van der Waals surface area contributed by atoms with E-state index in [4.69, 9.17) is 0 Å². The Morgan fingerprint density at radius 1 is 1.24 bits per heavy atom. The number of ketones is 1. The summed E-state index contributed by atoms with van der Waals surface area (Å²) in [4.78, 5) is 25.4. The Bertz CT molecular complexity index is 743. The fourth-order valence-electron chi connectivity index (χ4n) is 2.33. The van der Waals surface area contributed by atoms with Crippen molar-refractivity contribution in [2.24, 2.45) is 0 Å². The highest BCUT2D eigenvalue weighted by Gasteiger charge is 2.21. The number of amides is 2. The number of carbonyl (C=O) groups excluding carboxylic acids is 2. The Balaban J connectivity index is 1.98. The summed E-state index contributed by atoms with van der Waals surface area (Å²) < 4.78 is 13.7. The molecule has 0 radical (unpaired) electrons. The molecule has 21 heavy (non-hydrogen) atoms. The lowest BCUT2D eigenvalue weighted by molar-refractivity contribution is 0.103.